The number of hydrogen-bond donors (Lipinski definition) is 0. The van der Waals surface area contributed by atoms with E-state index in [1.54, 1.807) is 6.08 Å². The molecule has 0 spiro atoms. The van der Waals surface area contributed by atoms with Gasteiger partial charge in [0.15, 0.2) is 5.78 Å². The molecule has 0 aromatic rings. The summed E-state index contributed by atoms with van der Waals surface area (Å²) in [6.07, 6.45) is 11.1. The van der Waals surface area contributed by atoms with Crippen LogP contribution in [0.15, 0.2) is 23.3 Å². The van der Waals surface area contributed by atoms with Gasteiger partial charge in [-0.2, -0.15) is 0 Å². The fourth-order valence-electron chi connectivity index (χ4n) is 3.56. The Balaban J connectivity index is 2.57. The van der Waals surface area contributed by atoms with E-state index in [0.717, 1.165) is 32.1 Å². The summed E-state index contributed by atoms with van der Waals surface area (Å²) >= 11 is 0. The van der Waals surface area contributed by atoms with Crippen molar-refractivity contribution in [2.75, 3.05) is 0 Å². The molecule has 4 nitrogen and oxygen atoms in total. The number of unbranched alkanes of at least 4 members (excludes halogenated alkanes) is 2. The lowest BCUT2D eigenvalue weighted by atomic mass is 9.72. The number of nitrogens with zero attached hydrogens (tertiary/aromatic N) is 1. The number of carbonyl (C=O) groups excluding carboxylic acids is 1. The van der Waals surface area contributed by atoms with Gasteiger partial charge in [-0.15, -0.1) is 0 Å². The van der Waals surface area contributed by atoms with Crippen LogP contribution in [-0.4, -0.2) is 16.7 Å². The minimum Gasteiger partial charge on any atom is -0.295 e. The lowest BCUT2D eigenvalue weighted by Gasteiger charge is -2.32. The van der Waals surface area contributed by atoms with Gasteiger partial charge >= 0.3 is 0 Å². The second-order valence-electron chi connectivity index (χ2n) is 7.70. The summed E-state index contributed by atoms with van der Waals surface area (Å²) in [5.41, 5.74) is 2.73. The molecule has 0 heterocycles. The third kappa shape index (κ3) is 6.58. The van der Waals surface area contributed by atoms with Gasteiger partial charge in [0.25, 0.3) is 0 Å². The first-order valence-corrected chi connectivity index (χ1v) is 9.32. The fourth-order valence-corrected chi connectivity index (χ4v) is 3.56. The largest absolute Gasteiger partial charge is 0.295 e. The van der Waals surface area contributed by atoms with Gasteiger partial charge in [-0.3, -0.25) is 14.9 Å². The Labute approximate surface area is 146 Å². The van der Waals surface area contributed by atoms with Gasteiger partial charge in [0.1, 0.15) is 0 Å². The lowest BCUT2D eigenvalue weighted by molar-refractivity contribution is -0.524. The SMILES string of the molecule is CCCCCC(CCC(=O)C=CC1=C(C)CCCC1(C)C)[N+](=O)[O-]. The van der Waals surface area contributed by atoms with Gasteiger partial charge in [-0.05, 0) is 49.7 Å². The summed E-state index contributed by atoms with van der Waals surface area (Å²) in [6.45, 7) is 8.66. The van der Waals surface area contributed by atoms with E-state index in [1.165, 1.54) is 17.6 Å². The average Bonchev–Trinajstić information content (AvgIpc) is 2.49. The van der Waals surface area contributed by atoms with Crippen molar-refractivity contribution >= 4 is 5.78 Å². The molecule has 1 unspecified atom stereocenters. The van der Waals surface area contributed by atoms with Gasteiger partial charge in [-0.1, -0.05) is 45.3 Å². The van der Waals surface area contributed by atoms with E-state index in [2.05, 4.69) is 27.7 Å². The Hall–Kier alpha value is -1.45. The molecule has 0 aromatic heterocycles. The molecule has 1 aliphatic carbocycles. The van der Waals surface area contributed by atoms with Crippen LogP contribution < -0.4 is 0 Å². The molecule has 0 N–H and O–H groups in total. The highest BCUT2D eigenvalue weighted by Gasteiger charge is 2.26. The molecule has 0 saturated carbocycles. The summed E-state index contributed by atoms with van der Waals surface area (Å²) in [5, 5.41) is 11.1. The summed E-state index contributed by atoms with van der Waals surface area (Å²) < 4.78 is 0. The standard InChI is InChI=1S/C20H33NO3/c1-5-6-7-10-17(21(23)24)11-12-18(22)13-14-19-16(2)9-8-15-20(19,3)4/h13-14,17H,5-12,15H2,1-4H3. The highest BCUT2D eigenvalue weighted by atomic mass is 16.6. The molecule has 24 heavy (non-hydrogen) atoms. The smallest absolute Gasteiger partial charge is 0.213 e. The molecule has 4 heteroatoms. The number of hydrogen-bond acceptors (Lipinski definition) is 3. The van der Waals surface area contributed by atoms with E-state index in [-0.39, 0.29) is 22.5 Å². The fraction of sp³-hybridized carbons (Fsp3) is 0.750. The summed E-state index contributed by atoms with van der Waals surface area (Å²) in [6, 6.07) is -0.582. The van der Waals surface area contributed by atoms with Crippen LogP contribution in [0.25, 0.3) is 0 Å². The van der Waals surface area contributed by atoms with Crippen molar-refractivity contribution in [2.24, 2.45) is 5.41 Å². The third-order valence-electron chi connectivity index (χ3n) is 5.14. The topological polar surface area (TPSA) is 60.2 Å². The zero-order valence-electron chi connectivity index (χ0n) is 15.8. The van der Waals surface area contributed by atoms with Gasteiger partial charge in [0.2, 0.25) is 6.04 Å². The highest BCUT2D eigenvalue weighted by Crippen LogP contribution is 2.40. The molecule has 0 saturated heterocycles. The molecule has 0 fully saturated rings. The second kappa shape index (κ2) is 9.75. The predicted octanol–water partition coefficient (Wildman–Crippen LogP) is 5.64. The molecule has 0 aromatic carbocycles. The van der Waals surface area contributed by atoms with Gasteiger partial charge in [0.05, 0.1) is 0 Å². The van der Waals surface area contributed by atoms with Crippen LogP contribution in [0.1, 0.15) is 85.5 Å². The van der Waals surface area contributed by atoms with E-state index in [1.807, 2.05) is 6.08 Å². The predicted molar refractivity (Wildman–Crippen MR) is 98.6 cm³/mol. The molecule has 136 valence electrons. The van der Waals surface area contributed by atoms with Crippen molar-refractivity contribution in [3.8, 4) is 0 Å². The Morgan fingerprint density at radius 1 is 1.33 bits per heavy atom. The zero-order chi connectivity index (χ0) is 18.2. The van der Waals surface area contributed by atoms with Gasteiger partial charge < -0.3 is 0 Å². The molecule has 1 aliphatic rings. The summed E-state index contributed by atoms with van der Waals surface area (Å²) in [5.74, 6) is -0.000912. The minimum absolute atomic E-state index is 0.000912. The summed E-state index contributed by atoms with van der Waals surface area (Å²) in [7, 11) is 0. The van der Waals surface area contributed by atoms with Crippen LogP contribution in [0.3, 0.4) is 0 Å². The van der Waals surface area contributed by atoms with Crippen molar-refractivity contribution in [3.05, 3.63) is 33.4 Å². The number of ketones is 1. The molecule has 1 rings (SSSR count). The first kappa shape index (κ1) is 20.6. The van der Waals surface area contributed by atoms with Gasteiger partial charge in [-0.25, -0.2) is 0 Å². The van der Waals surface area contributed by atoms with Crippen molar-refractivity contribution in [2.45, 2.75) is 91.5 Å². The van der Waals surface area contributed by atoms with E-state index in [9.17, 15) is 14.9 Å². The maximum Gasteiger partial charge on any atom is 0.213 e. The minimum atomic E-state index is -0.582. The van der Waals surface area contributed by atoms with Crippen LogP contribution in [0, 0.1) is 15.5 Å². The van der Waals surface area contributed by atoms with Crippen molar-refractivity contribution in [1.29, 1.82) is 0 Å². The number of rotatable bonds is 10. The molecule has 1 atom stereocenters. The van der Waals surface area contributed by atoms with Crippen LogP contribution >= 0.6 is 0 Å². The Kier molecular flexibility index (Phi) is 8.37. The van der Waals surface area contributed by atoms with Crippen molar-refractivity contribution < 1.29 is 9.72 Å². The Morgan fingerprint density at radius 2 is 2.04 bits per heavy atom. The van der Waals surface area contributed by atoms with Crippen molar-refractivity contribution in [1.82, 2.24) is 0 Å². The van der Waals surface area contributed by atoms with E-state index < -0.39 is 6.04 Å². The maximum absolute atomic E-state index is 12.1. The first-order valence-electron chi connectivity index (χ1n) is 9.32. The Bertz CT molecular complexity index is 503. The molecular weight excluding hydrogens is 302 g/mol. The first-order chi connectivity index (χ1) is 11.3. The normalized spacial score (nSPS) is 18.8. The van der Waals surface area contributed by atoms with E-state index in [4.69, 9.17) is 0 Å². The third-order valence-corrected chi connectivity index (χ3v) is 5.14. The van der Waals surface area contributed by atoms with E-state index in [0.29, 0.717) is 12.8 Å². The molecule has 0 aliphatic heterocycles. The Morgan fingerprint density at radius 3 is 2.62 bits per heavy atom. The lowest BCUT2D eigenvalue weighted by Crippen LogP contribution is -2.21. The van der Waals surface area contributed by atoms with E-state index >= 15 is 0 Å². The number of carbonyl (C=O) groups is 1. The second-order valence-corrected chi connectivity index (χ2v) is 7.70. The number of nitro groups is 1. The summed E-state index contributed by atoms with van der Waals surface area (Å²) in [4.78, 5) is 23.0. The average molecular weight is 335 g/mol. The quantitative estimate of drug-likeness (QED) is 0.224. The maximum atomic E-state index is 12.1. The zero-order valence-corrected chi connectivity index (χ0v) is 15.8. The molecular formula is C20H33NO3. The highest BCUT2D eigenvalue weighted by molar-refractivity contribution is 5.90. The number of allylic oxidation sites excluding steroid dienone is 4. The van der Waals surface area contributed by atoms with Crippen LogP contribution in [0.5, 0.6) is 0 Å². The van der Waals surface area contributed by atoms with Crippen LogP contribution in [0.4, 0.5) is 0 Å². The van der Waals surface area contributed by atoms with Crippen LogP contribution in [0.2, 0.25) is 0 Å². The monoisotopic (exact) mass is 335 g/mol. The molecule has 0 bridgehead atoms. The van der Waals surface area contributed by atoms with Gasteiger partial charge in [0, 0.05) is 24.2 Å². The van der Waals surface area contributed by atoms with Crippen LogP contribution in [-0.2, 0) is 4.79 Å². The molecule has 0 amide bonds. The van der Waals surface area contributed by atoms with Crippen molar-refractivity contribution in [3.63, 3.8) is 0 Å². The molecule has 0 radical (unpaired) electrons.